The van der Waals surface area contributed by atoms with E-state index in [1.165, 1.54) is 12.2 Å². The van der Waals surface area contributed by atoms with Gasteiger partial charge in [-0.3, -0.25) is 0 Å². The van der Waals surface area contributed by atoms with Gasteiger partial charge in [0.15, 0.2) is 0 Å². The maximum atomic E-state index is 12.3. The van der Waals surface area contributed by atoms with E-state index in [1.54, 1.807) is 48.5 Å². The Morgan fingerprint density at radius 1 is 0.750 bits per heavy atom. The Morgan fingerprint density at radius 2 is 1.12 bits per heavy atom. The summed E-state index contributed by atoms with van der Waals surface area (Å²) in [5.41, 5.74) is 1.97. The second-order valence-electron chi connectivity index (χ2n) is 4.87. The highest BCUT2D eigenvalue weighted by Gasteiger charge is 2.19. The Hall–Kier alpha value is -3.14. The van der Waals surface area contributed by atoms with Crippen molar-refractivity contribution < 1.29 is 19.1 Å². The second-order valence-corrected chi connectivity index (χ2v) is 4.87. The van der Waals surface area contributed by atoms with Gasteiger partial charge in [0.25, 0.3) is 0 Å². The third-order valence-corrected chi connectivity index (χ3v) is 3.25. The maximum absolute atomic E-state index is 12.3. The van der Waals surface area contributed by atoms with Crippen LogP contribution >= 0.6 is 0 Å². The summed E-state index contributed by atoms with van der Waals surface area (Å²) >= 11 is 0. The molecule has 24 heavy (non-hydrogen) atoms. The average molecular weight is 322 g/mol. The van der Waals surface area contributed by atoms with Crippen molar-refractivity contribution in [1.29, 1.82) is 0 Å². The zero-order valence-corrected chi connectivity index (χ0v) is 13.2. The van der Waals surface area contributed by atoms with Gasteiger partial charge < -0.3 is 9.47 Å². The van der Waals surface area contributed by atoms with Gasteiger partial charge >= 0.3 is 11.9 Å². The standard InChI is InChI=1S/C20H18O4/c1-3-13-23-19(21)17-11-7-5-9-15(17)16-10-6-8-12-18(16)20(22)24-14-4-2/h3-12H,1-2,13-14H2. The van der Waals surface area contributed by atoms with Crippen LogP contribution in [-0.4, -0.2) is 25.2 Å². The van der Waals surface area contributed by atoms with E-state index in [-0.39, 0.29) is 13.2 Å². The van der Waals surface area contributed by atoms with Crippen LogP contribution in [0.2, 0.25) is 0 Å². The number of carbonyl (C=O) groups excluding carboxylic acids is 2. The molecule has 0 unspecified atom stereocenters. The Kier molecular flexibility index (Phi) is 6.08. The number of benzene rings is 2. The highest BCUT2D eigenvalue weighted by Crippen LogP contribution is 2.28. The van der Waals surface area contributed by atoms with Crippen LogP contribution in [0.15, 0.2) is 73.8 Å². The third-order valence-electron chi connectivity index (χ3n) is 3.25. The second kappa shape index (κ2) is 8.48. The van der Waals surface area contributed by atoms with Gasteiger partial charge in [0.2, 0.25) is 0 Å². The molecule has 0 heterocycles. The molecule has 0 aliphatic carbocycles. The molecular weight excluding hydrogens is 304 g/mol. The Balaban J connectivity index is 2.46. The number of carbonyl (C=O) groups is 2. The molecular formula is C20H18O4. The molecule has 0 atom stereocenters. The van der Waals surface area contributed by atoms with Crippen LogP contribution in [0.1, 0.15) is 20.7 Å². The predicted molar refractivity (Wildman–Crippen MR) is 92.8 cm³/mol. The van der Waals surface area contributed by atoms with Crippen molar-refractivity contribution in [2.24, 2.45) is 0 Å². The van der Waals surface area contributed by atoms with Crippen LogP contribution in [-0.2, 0) is 9.47 Å². The highest BCUT2D eigenvalue weighted by atomic mass is 16.5. The van der Waals surface area contributed by atoms with E-state index in [0.717, 1.165) is 0 Å². The first kappa shape index (κ1) is 17.2. The summed E-state index contributed by atoms with van der Waals surface area (Å²) in [6.07, 6.45) is 3.00. The smallest absolute Gasteiger partial charge is 0.339 e. The van der Waals surface area contributed by atoms with Crippen LogP contribution < -0.4 is 0 Å². The van der Waals surface area contributed by atoms with Gasteiger partial charge in [-0.05, 0) is 23.3 Å². The van der Waals surface area contributed by atoms with Crippen LogP contribution in [0, 0.1) is 0 Å². The first-order valence-corrected chi connectivity index (χ1v) is 7.43. The fraction of sp³-hybridized carbons (Fsp3) is 0.100. The summed E-state index contributed by atoms with van der Waals surface area (Å²) in [5.74, 6) is -0.945. The van der Waals surface area contributed by atoms with Gasteiger partial charge in [0.05, 0.1) is 11.1 Å². The molecule has 0 saturated carbocycles. The summed E-state index contributed by atoms with van der Waals surface area (Å²) < 4.78 is 10.2. The molecule has 0 aliphatic heterocycles. The Bertz CT molecular complexity index is 696. The molecule has 0 radical (unpaired) electrons. The Morgan fingerprint density at radius 3 is 1.50 bits per heavy atom. The lowest BCUT2D eigenvalue weighted by molar-refractivity contribution is 0.0538. The molecule has 2 rings (SSSR count). The van der Waals surface area contributed by atoms with Crippen LogP contribution in [0.3, 0.4) is 0 Å². The fourth-order valence-corrected chi connectivity index (χ4v) is 2.22. The minimum Gasteiger partial charge on any atom is -0.458 e. The summed E-state index contributed by atoms with van der Waals surface area (Å²) in [4.78, 5) is 24.5. The number of rotatable bonds is 7. The molecule has 4 heteroatoms. The molecule has 122 valence electrons. The van der Waals surface area contributed by atoms with Gasteiger partial charge in [-0.2, -0.15) is 0 Å². The summed E-state index contributed by atoms with van der Waals surface area (Å²) in [5, 5.41) is 0. The van der Waals surface area contributed by atoms with Crippen molar-refractivity contribution in [3.63, 3.8) is 0 Å². The molecule has 2 aromatic rings. The van der Waals surface area contributed by atoms with Gasteiger partial charge in [0, 0.05) is 0 Å². The van der Waals surface area contributed by atoms with Crippen molar-refractivity contribution >= 4 is 11.9 Å². The topological polar surface area (TPSA) is 52.6 Å². The molecule has 0 saturated heterocycles. The first-order chi connectivity index (χ1) is 11.7. The predicted octanol–water partition coefficient (Wildman–Crippen LogP) is 4.04. The van der Waals surface area contributed by atoms with Crippen molar-refractivity contribution in [1.82, 2.24) is 0 Å². The highest BCUT2D eigenvalue weighted by molar-refractivity contribution is 6.03. The molecule has 2 aromatic carbocycles. The minimum atomic E-state index is -0.472. The molecule has 0 fully saturated rings. The molecule has 0 bridgehead atoms. The lowest BCUT2D eigenvalue weighted by Gasteiger charge is -2.12. The average Bonchev–Trinajstić information content (AvgIpc) is 2.64. The normalized spacial score (nSPS) is 9.83. The molecule has 0 spiro atoms. The minimum absolute atomic E-state index is 0.121. The lowest BCUT2D eigenvalue weighted by atomic mass is 9.95. The van der Waals surface area contributed by atoms with Crippen LogP contribution in [0.4, 0.5) is 0 Å². The van der Waals surface area contributed by atoms with E-state index < -0.39 is 11.9 Å². The molecule has 0 aliphatic rings. The molecule has 4 nitrogen and oxygen atoms in total. The summed E-state index contributed by atoms with van der Waals surface area (Å²) in [6, 6.07) is 13.9. The largest absolute Gasteiger partial charge is 0.458 e. The van der Waals surface area contributed by atoms with Crippen molar-refractivity contribution in [3.05, 3.63) is 85.0 Å². The van der Waals surface area contributed by atoms with Gasteiger partial charge in [-0.15, -0.1) is 0 Å². The number of esters is 2. The zero-order valence-electron chi connectivity index (χ0n) is 13.2. The molecule has 0 aromatic heterocycles. The number of hydrogen-bond donors (Lipinski definition) is 0. The van der Waals surface area contributed by atoms with Crippen LogP contribution in [0.25, 0.3) is 11.1 Å². The van der Waals surface area contributed by atoms with E-state index in [1.807, 2.05) is 0 Å². The Labute approximate surface area is 141 Å². The van der Waals surface area contributed by atoms with E-state index in [0.29, 0.717) is 22.3 Å². The van der Waals surface area contributed by atoms with Crippen molar-refractivity contribution in [2.45, 2.75) is 0 Å². The van der Waals surface area contributed by atoms with E-state index in [4.69, 9.17) is 9.47 Å². The van der Waals surface area contributed by atoms with Gasteiger partial charge in [-0.1, -0.05) is 61.7 Å². The van der Waals surface area contributed by atoms with E-state index in [9.17, 15) is 9.59 Å². The fourth-order valence-electron chi connectivity index (χ4n) is 2.22. The van der Waals surface area contributed by atoms with E-state index in [2.05, 4.69) is 13.2 Å². The van der Waals surface area contributed by atoms with E-state index >= 15 is 0 Å². The summed E-state index contributed by atoms with van der Waals surface area (Å²) in [7, 11) is 0. The van der Waals surface area contributed by atoms with Gasteiger partial charge in [-0.25, -0.2) is 9.59 Å². The van der Waals surface area contributed by atoms with Gasteiger partial charge in [0.1, 0.15) is 13.2 Å². The monoisotopic (exact) mass is 322 g/mol. The summed E-state index contributed by atoms with van der Waals surface area (Å²) in [6.45, 7) is 7.29. The number of hydrogen-bond acceptors (Lipinski definition) is 4. The molecule has 0 N–H and O–H groups in total. The molecule has 0 amide bonds. The van der Waals surface area contributed by atoms with Crippen molar-refractivity contribution in [3.8, 4) is 11.1 Å². The SMILES string of the molecule is C=CCOC(=O)c1ccccc1-c1ccccc1C(=O)OCC=C. The first-order valence-electron chi connectivity index (χ1n) is 7.43. The quantitative estimate of drug-likeness (QED) is 0.570. The number of ether oxygens (including phenoxy) is 2. The van der Waals surface area contributed by atoms with Crippen LogP contribution in [0.5, 0.6) is 0 Å². The third kappa shape index (κ3) is 3.98. The lowest BCUT2D eigenvalue weighted by Crippen LogP contribution is -2.10. The zero-order chi connectivity index (χ0) is 17.4. The van der Waals surface area contributed by atoms with Crippen molar-refractivity contribution in [2.75, 3.05) is 13.2 Å². The maximum Gasteiger partial charge on any atom is 0.339 e.